The number of carbonyl (C=O) groups excluding carboxylic acids is 1. The van der Waals surface area contributed by atoms with Crippen molar-refractivity contribution in [3.05, 3.63) is 134 Å². The molecule has 5 aromatic rings. The summed E-state index contributed by atoms with van der Waals surface area (Å²) in [7, 11) is -1.02. The van der Waals surface area contributed by atoms with E-state index in [2.05, 4.69) is 136 Å². The molecule has 1 aliphatic heterocycles. The molecule has 240 valence electrons. The maximum absolute atomic E-state index is 13.8. The Morgan fingerprint density at radius 1 is 0.532 bits per heavy atom. The lowest BCUT2D eigenvalue weighted by Gasteiger charge is -2.40. The Bertz CT molecular complexity index is 1850. The number of hydrogen-bond donors (Lipinski definition) is 0. The van der Waals surface area contributed by atoms with E-state index in [1.165, 1.54) is 72.1 Å². The second kappa shape index (κ2) is 12.9. The molecule has 6 rings (SSSR count). The number of nitrogens with zero attached hydrogens (tertiary/aromatic N) is 2. The van der Waals surface area contributed by atoms with Crippen LogP contribution >= 0.6 is 7.92 Å². The van der Waals surface area contributed by atoms with E-state index < -0.39 is 7.92 Å². The Morgan fingerprint density at radius 2 is 0.894 bits per heavy atom. The van der Waals surface area contributed by atoms with Gasteiger partial charge in [0.15, 0.2) is 0 Å². The summed E-state index contributed by atoms with van der Waals surface area (Å²) in [5.74, 6) is 0.293. The minimum absolute atomic E-state index is 0.0311. The molecule has 0 amide bonds. The average molecular weight is 639 g/mol. The minimum atomic E-state index is -1.02. The monoisotopic (exact) mass is 638 g/mol. The summed E-state index contributed by atoms with van der Waals surface area (Å²) in [4.78, 5) is 24.1. The van der Waals surface area contributed by atoms with Crippen LogP contribution in [0.3, 0.4) is 0 Å². The standard InChI is InChI=1S/C43H47N2OP/c1-24-20-25(2)31(8)41(30(24)7)35-16-13-17-36(42-32(9)26(3)21-27(4)33(42)10)43(35)47-39(37-18-11-14-28(5)44-37)22-34(46)23-40(47)38-19-12-15-29(6)45-38/h11-21,39-40H,22-23H2,1-10H3. The van der Waals surface area contributed by atoms with Gasteiger partial charge in [0.05, 0.1) is 0 Å². The Kier molecular flexibility index (Phi) is 9.07. The van der Waals surface area contributed by atoms with E-state index in [-0.39, 0.29) is 11.3 Å². The molecule has 1 fully saturated rings. The van der Waals surface area contributed by atoms with Gasteiger partial charge in [0.2, 0.25) is 0 Å². The van der Waals surface area contributed by atoms with Crippen LogP contribution in [0, 0.1) is 69.2 Å². The lowest BCUT2D eigenvalue weighted by molar-refractivity contribution is -0.119. The van der Waals surface area contributed by atoms with Gasteiger partial charge in [0.1, 0.15) is 5.78 Å². The molecule has 2 aromatic heterocycles. The van der Waals surface area contributed by atoms with E-state index in [0.29, 0.717) is 18.6 Å². The van der Waals surface area contributed by atoms with Gasteiger partial charge in [-0.2, -0.15) is 0 Å². The van der Waals surface area contributed by atoms with Crippen LogP contribution in [0.4, 0.5) is 0 Å². The maximum atomic E-state index is 13.8. The third-order valence-corrected chi connectivity index (χ3v) is 13.8. The van der Waals surface area contributed by atoms with Gasteiger partial charge >= 0.3 is 0 Å². The van der Waals surface area contributed by atoms with Gasteiger partial charge in [-0.05, 0) is 166 Å². The number of hydrogen-bond acceptors (Lipinski definition) is 3. The topological polar surface area (TPSA) is 42.9 Å². The van der Waals surface area contributed by atoms with Crippen LogP contribution < -0.4 is 5.30 Å². The van der Waals surface area contributed by atoms with Crippen molar-refractivity contribution in [3.63, 3.8) is 0 Å². The molecular formula is C43H47N2OP. The fourth-order valence-electron chi connectivity index (χ4n) is 7.70. The van der Waals surface area contributed by atoms with Gasteiger partial charge in [-0.15, -0.1) is 0 Å². The van der Waals surface area contributed by atoms with Crippen molar-refractivity contribution >= 4 is 19.0 Å². The van der Waals surface area contributed by atoms with Crippen molar-refractivity contribution in [1.29, 1.82) is 0 Å². The molecule has 0 saturated carbocycles. The van der Waals surface area contributed by atoms with E-state index in [0.717, 1.165) is 22.8 Å². The molecule has 0 N–H and O–H groups in total. The van der Waals surface area contributed by atoms with Crippen molar-refractivity contribution in [2.75, 3.05) is 0 Å². The number of carbonyl (C=O) groups is 1. The molecule has 1 saturated heterocycles. The summed E-state index contributed by atoms with van der Waals surface area (Å²) in [6.45, 7) is 22.1. The van der Waals surface area contributed by atoms with Crippen molar-refractivity contribution in [2.24, 2.45) is 0 Å². The van der Waals surface area contributed by atoms with Crippen molar-refractivity contribution in [1.82, 2.24) is 9.97 Å². The molecule has 0 aliphatic carbocycles. The van der Waals surface area contributed by atoms with Crippen LogP contribution in [-0.4, -0.2) is 15.8 Å². The van der Waals surface area contributed by atoms with Crippen LogP contribution in [0.15, 0.2) is 66.7 Å². The Hall–Kier alpha value is -3.94. The SMILES string of the molecule is Cc1cccc(C2CC(=O)CC(c3cccc(C)n3)P2c2c(-c3c(C)c(C)cc(C)c3C)cccc2-c2c(C)c(C)cc(C)c2C)n1. The molecule has 47 heavy (non-hydrogen) atoms. The van der Waals surface area contributed by atoms with Gasteiger partial charge in [-0.3, -0.25) is 14.8 Å². The molecule has 0 radical (unpaired) electrons. The van der Waals surface area contributed by atoms with Gasteiger partial charge in [-0.1, -0.05) is 50.4 Å². The third kappa shape index (κ3) is 6.00. The van der Waals surface area contributed by atoms with Gasteiger partial charge in [-0.25, -0.2) is 0 Å². The van der Waals surface area contributed by atoms with Crippen molar-refractivity contribution < 1.29 is 4.79 Å². The second-order valence-corrected chi connectivity index (χ2v) is 16.3. The van der Waals surface area contributed by atoms with Gasteiger partial charge in [0, 0.05) is 46.9 Å². The minimum Gasteiger partial charge on any atom is -0.300 e. The highest BCUT2D eigenvalue weighted by molar-refractivity contribution is 7.67. The zero-order valence-corrected chi connectivity index (χ0v) is 30.6. The first-order valence-electron chi connectivity index (χ1n) is 16.8. The van der Waals surface area contributed by atoms with Crippen LogP contribution in [0.2, 0.25) is 0 Å². The van der Waals surface area contributed by atoms with Crippen LogP contribution in [0.1, 0.15) is 91.4 Å². The number of ketones is 1. The summed E-state index contributed by atoms with van der Waals surface area (Å²) in [6.07, 6.45) is 0.988. The largest absolute Gasteiger partial charge is 0.300 e. The van der Waals surface area contributed by atoms with E-state index in [9.17, 15) is 4.79 Å². The lowest BCUT2D eigenvalue weighted by Crippen LogP contribution is -2.27. The molecule has 3 heterocycles. The Labute approximate surface area is 282 Å². The molecular weight excluding hydrogens is 591 g/mol. The van der Waals surface area contributed by atoms with Gasteiger partial charge < -0.3 is 0 Å². The number of pyridine rings is 2. The predicted molar refractivity (Wildman–Crippen MR) is 199 cm³/mol. The fraction of sp³-hybridized carbons (Fsp3) is 0.326. The van der Waals surface area contributed by atoms with E-state index in [4.69, 9.17) is 9.97 Å². The quantitative estimate of drug-likeness (QED) is 0.180. The van der Waals surface area contributed by atoms with E-state index >= 15 is 0 Å². The number of Topliss-reactive ketones (excluding diaryl/α,β-unsaturated/α-hetero) is 1. The van der Waals surface area contributed by atoms with Crippen molar-refractivity contribution in [3.8, 4) is 22.3 Å². The molecule has 3 nitrogen and oxygen atoms in total. The fourth-order valence-corrected chi connectivity index (χ4v) is 11.3. The van der Waals surface area contributed by atoms with E-state index in [1.54, 1.807) is 0 Å². The summed E-state index contributed by atoms with van der Waals surface area (Å²) in [5.41, 5.74) is 19.7. The number of aromatic nitrogens is 2. The highest BCUT2D eigenvalue weighted by Crippen LogP contribution is 2.67. The number of rotatable bonds is 5. The molecule has 4 heteroatoms. The lowest BCUT2D eigenvalue weighted by atomic mass is 9.85. The first-order chi connectivity index (χ1) is 22.4. The van der Waals surface area contributed by atoms with Crippen LogP contribution in [-0.2, 0) is 4.79 Å². The highest BCUT2D eigenvalue weighted by atomic mass is 31.1. The Balaban J connectivity index is 1.80. The highest BCUT2D eigenvalue weighted by Gasteiger charge is 2.43. The molecule has 0 spiro atoms. The average Bonchev–Trinajstić information content (AvgIpc) is 3.03. The first-order valence-corrected chi connectivity index (χ1v) is 18.3. The molecule has 1 aliphatic rings. The smallest absolute Gasteiger partial charge is 0.134 e. The summed E-state index contributed by atoms with van der Waals surface area (Å²) in [6, 6.07) is 24.2. The zero-order valence-electron chi connectivity index (χ0n) is 29.7. The molecule has 3 aromatic carbocycles. The summed E-state index contributed by atoms with van der Waals surface area (Å²) >= 11 is 0. The molecule has 2 atom stereocenters. The zero-order chi connectivity index (χ0) is 33.7. The first kappa shape index (κ1) is 33.0. The second-order valence-electron chi connectivity index (χ2n) is 13.8. The van der Waals surface area contributed by atoms with Crippen LogP contribution in [0.5, 0.6) is 0 Å². The summed E-state index contributed by atoms with van der Waals surface area (Å²) in [5, 5.41) is 1.38. The predicted octanol–water partition coefficient (Wildman–Crippen LogP) is 10.8. The normalized spacial score (nSPS) is 18.1. The number of aryl methyl sites for hydroxylation is 6. The Morgan fingerprint density at radius 3 is 1.26 bits per heavy atom. The molecule has 2 unspecified atom stereocenters. The molecule has 0 bridgehead atoms. The van der Waals surface area contributed by atoms with Crippen molar-refractivity contribution in [2.45, 2.75) is 93.4 Å². The summed E-state index contributed by atoms with van der Waals surface area (Å²) < 4.78 is 0. The third-order valence-electron chi connectivity index (χ3n) is 10.6. The van der Waals surface area contributed by atoms with Gasteiger partial charge in [0.25, 0.3) is 0 Å². The maximum Gasteiger partial charge on any atom is 0.134 e. The van der Waals surface area contributed by atoms with Crippen LogP contribution in [0.25, 0.3) is 22.3 Å². The number of benzene rings is 3. The van der Waals surface area contributed by atoms with E-state index in [1.807, 2.05) is 0 Å².